The van der Waals surface area contributed by atoms with Crippen LogP contribution in [-0.2, 0) is 4.79 Å². The van der Waals surface area contributed by atoms with Crippen LogP contribution >= 0.6 is 23.1 Å². The summed E-state index contributed by atoms with van der Waals surface area (Å²) in [4.78, 5) is 25.5. The van der Waals surface area contributed by atoms with Gasteiger partial charge in [-0.3, -0.25) is 9.59 Å². The molecular weight excluding hydrogens is 440 g/mol. The molecule has 0 fully saturated rings. The van der Waals surface area contributed by atoms with Crippen LogP contribution in [0, 0.1) is 23.3 Å². The number of carbonyl (C=O) groups is 2. The average Bonchev–Trinajstić information content (AvgIpc) is 3.26. The van der Waals surface area contributed by atoms with Gasteiger partial charge < -0.3 is 10.6 Å². The maximum absolute atomic E-state index is 13.7. The molecule has 0 bridgehead atoms. The van der Waals surface area contributed by atoms with Gasteiger partial charge in [-0.2, -0.15) is 0 Å². The highest BCUT2D eigenvalue weighted by atomic mass is 32.2. The molecule has 1 heterocycles. The number of carbonyl (C=O) groups excluding carboxylic acids is 2. The lowest BCUT2D eigenvalue weighted by molar-refractivity contribution is -0.115. The van der Waals surface area contributed by atoms with E-state index in [2.05, 4.69) is 5.32 Å². The van der Waals surface area contributed by atoms with Gasteiger partial charge in [0.15, 0.2) is 23.3 Å². The fraction of sp³-hybridized carbons (Fsp3) is 0.100. The van der Waals surface area contributed by atoms with Crippen LogP contribution < -0.4 is 10.6 Å². The van der Waals surface area contributed by atoms with Crippen LogP contribution in [0.2, 0.25) is 0 Å². The molecule has 0 saturated heterocycles. The first-order chi connectivity index (χ1) is 14.3. The molecule has 0 aliphatic rings. The van der Waals surface area contributed by atoms with Crippen LogP contribution in [0.4, 0.5) is 28.9 Å². The largest absolute Gasteiger partial charge is 0.321 e. The SMILES string of the molecule is CC(Sc1ccc(NC(=O)c2cccs2)cc1)C(=O)Nc1c(F)c(F)cc(F)c1F. The zero-order valence-corrected chi connectivity index (χ0v) is 17.0. The topological polar surface area (TPSA) is 58.2 Å². The van der Waals surface area contributed by atoms with Gasteiger partial charge in [-0.1, -0.05) is 6.07 Å². The summed E-state index contributed by atoms with van der Waals surface area (Å²) in [6.45, 7) is 1.47. The minimum absolute atomic E-state index is 0.0668. The van der Waals surface area contributed by atoms with Crippen molar-refractivity contribution >= 4 is 46.3 Å². The molecule has 0 aliphatic carbocycles. The lowest BCUT2D eigenvalue weighted by atomic mass is 10.2. The number of hydrogen-bond donors (Lipinski definition) is 2. The van der Waals surface area contributed by atoms with Gasteiger partial charge in [-0.25, -0.2) is 17.6 Å². The Morgan fingerprint density at radius 2 is 1.60 bits per heavy atom. The zero-order valence-electron chi connectivity index (χ0n) is 15.3. The van der Waals surface area contributed by atoms with Crippen molar-refractivity contribution in [1.29, 1.82) is 0 Å². The van der Waals surface area contributed by atoms with E-state index >= 15 is 0 Å². The van der Waals surface area contributed by atoms with Crippen molar-refractivity contribution in [3.63, 3.8) is 0 Å². The van der Waals surface area contributed by atoms with E-state index in [1.54, 1.807) is 41.8 Å². The summed E-state index contributed by atoms with van der Waals surface area (Å²) < 4.78 is 54.0. The van der Waals surface area contributed by atoms with Crippen molar-refractivity contribution in [3.8, 4) is 0 Å². The number of hydrogen-bond acceptors (Lipinski definition) is 4. The maximum Gasteiger partial charge on any atom is 0.265 e. The first kappa shape index (κ1) is 21.8. The number of rotatable bonds is 6. The summed E-state index contributed by atoms with van der Waals surface area (Å²) in [5.74, 6) is -7.65. The molecule has 0 saturated carbocycles. The number of halogens is 4. The Labute approximate surface area is 177 Å². The summed E-state index contributed by atoms with van der Waals surface area (Å²) in [7, 11) is 0. The highest BCUT2D eigenvalue weighted by Gasteiger charge is 2.23. The molecule has 156 valence electrons. The Hall–Kier alpha value is -2.85. The number of thioether (sulfide) groups is 1. The minimum Gasteiger partial charge on any atom is -0.321 e. The first-order valence-electron chi connectivity index (χ1n) is 8.51. The molecule has 10 heteroatoms. The summed E-state index contributed by atoms with van der Waals surface area (Å²) >= 11 is 2.37. The number of nitrogens with one attached hydrogen (secondary N) is 2. The second kappa shape index (κ2) is 9.31. The van der Waals surface area contributed by atoms with Crippen LogP contribution in [0.3, 0.4) is 0 Å². The zero-order chi connectivity index (χ0) is 21.8. The third kappa shape index (κ3) is 5.00. The second-order valence-electron chi connectivity index (χ2n) is 6.05. The van der Waals surface area contributed by atoms with Crippen molar-refractivity contribution in [3.05, 3.63) is 76.0 Å². The van der Waals surface area contributed by atoms with Gasteiger partial charge in [0.25, 0.3) is 5.91 Å². The maximum atomic E-state index is 13.7. The fourth-order valence-corrected chi connectivity index (χ4v) is 3.87. The summed E-state index contributed by atoms with van der Waals surface area (Å²) in [6, 6.07) is 10.1. The predicted molar refractivity (Wildman–Crippen MR) is 109 cm³/mol. The molecule has 1 unspecified atom stereocenters. The van der Waals surface area contributed by atoms with Gasteiger partial charge in [0.2, 0.25) is 5.91 Å². The van der Waals surface area contributed by atoms with Crippen LogP contribution in [-0.4, -0.2) is 17.1 Å². The van der Waals surface area contributed by atoms with E-state index < -0.39 is 40.1 Å². The Morgan fingerprint density at radius 3 is 2.17 bits per heavy atom. The van der Waals surface area contributed by atoms with E-state index in [4.69, 9.17) is 0 Å². The highest BCUT2D eigenvalue weighted by molar-refractivity contribution is 8.00. The van der Waals surface area contributed by atoms with Crippen molar-refractivity contribution < 1.29 is 27.2 Å². The van der Waals surface area contributed by atoms with E-state index in [1.807, 2.05) is 5.32 Å². The molecule has 3 rings (SSSR count). The highest BCUT2D eigenvalue weighted by Crippen LogP contribution is 2.28. The Kier molecular flexibility index (Phi) is 6.78. The normalized spacial score (nSPS) is 11.8. The van der Waals surface area contributed by atoms with Crippen LogP contribution in [0.15, 0.2) is 52.7 Å². The van der Waals surface area contributed by atoms with Crippen molar-refractivity contribution in [2.75, 3.05) is 10.6 Å². The summed E-state index contributed by atoms with van der Waals surface area (Å²) in [5.41, 5.74) is -0.620. The molecule has 2 aromatic carbocycles. The molecule has 1 atom stereocenters. The van der Waals surface area contributed by atoms with Gasteiger partial charge in [-0.05, 0) is 42.6 Å². The standard InChI is InChI=1S/C20H14F4N2O2S2/c1-10(19(27)26-18-16(23)13(21)9-14(22)17(18)24)30-12-6-4-11(5-7-12)25-20(28)15-3-2-8-29-15/h2-10H,1H3,(H,25,28)(H,26,27). The lowest BCUT2D eigenvalue weighted by Crippen LogP contribution is -2.24. The Bertz CT molecular complexity index is 1050. The van der Waals surface area contributed by atoms with Gasteiger partial charge >= 0.3 is 0 Å². The minimum atomic E-state index is -1.68. The molecule has 2 amide bonds. The Balaban J connectivity index is 1.62. The Morgan fingerprint density at radius 1 is 0.967 bits per heavy atom. The number of thiophene rings is 1. The van der Waals surface area contributed by atoms with Crippen LogP contribution in [0.5, 0.6) is 0 Å². The van der Waals surface area contributed by atoms with E-state index in [1.165, 1.54) is 18.3 Å². The quantitative estimate of drug-likeness (QED) is 0.286. The predicted octanol–water partition coefficient (Wildman–Crippen LogP) is 5.68. The molecule has 30 heavy (non-hydrogen) atoms. The number of anilines is 2. The van der Waals surface area contributed by atoms with E-state index in [9.17, 15) is 27.2 Å². The lowest BCUT2D eigenvalue weighted by Gasteiger charge is -2.14. The fourth-order valence-electron chi connectivity index (χ4n) is 2.38. The first-order valence-corrected chi connectivity index (χ1v) is 10.3. The van der Waals surface area contributed by atoms with Gasteiger partial charge in [0.1, 0.15) is 5.69 Å². The molecule has 4 nitrogen and oxygen atoms in total. The van der Waals surface area contributed by atoms with E-state index in [-0.39, 0.29) is 12.0 Å². The molecule has 0 radical (unpaired) electrons. The molecule has 0 spiro atoms. The molecule has 0 aliphatic heterocycles. The molecule has 3 aromatic rings. The molecule has 2 N–H and O–H groups in total. The van der Waals surface area contributed by atoms with E-state index in [0.29, 0.717) is 15.5 Å². The number of benzene rings is 2. The third-order valence-electron chi connectivity index (χ3n) is 3.90. The van der Waals surface area contributed by atoms with Gasteiger partial charge in [0.05, 0.1) is 10.1 Å². The van der Waals surface area contributed by atoms with Crippen LogP contribution in [0.1, 0.15) is 16.6 Å². The van der Waals surface area contributed by atoms with Crippen LogP contribution in [0.25, 0.3) is 0 Å². The third-order valence-corrected chi connectivity index (χ3v) is 5.88. The number of amides is 2. The van der Waals surface area contributed by atoms with E-state index in [0.717, 1.165) is 11.8 Å². The van der Waals surface area contributed by atoms with Gasteiger partial charge in [0, 0.05) is 16.6 Å². The van der Waals surface area contributed by atoms with Gasteiger partial charge in [-0.15, -0.1) is 23.1 Å². The van der Waals surface area contributed by atoms with Crippen molar-refractivity contribution in [2.45, 2.75) is 17.1 Å². The average molecular weight is 454 g/mol. The molecule has 1 aromatic heterocycles. The smallest absolute Gasteiger partial charge is 0.265 e. The van der Waals surface area contributed by atoms with Crippen molar-refractivity contribution in [1.82, 2.24) is 0 Å². The summed E-state index contributed by atoms with van der Waals surface area (Å²) in [5, 5.41) is 5.58. The molecular formula is C20H14F4N2O2S2. The van der Waals surface area contributed by atoms with Crippen molar-refractivity contribution in [2.24, 2.45) is 0 Å². The second-order valence-corrected chi connectivity index (χ2v) is 8.41. The monoisotopic (exact) mass is 454 g/mol. The summed E-state index contributed by atoms with van der Waals surface area (Å²) in [6.07, 6.45) is 0.